The fourth-order valence-electron chi connectivity index (χ4n) is 12.8. The smallest absolute Gasteiger partial charge is 0.255 e. The molecule has 0 N–H and O–H groups in total. The number of anilines is 3. The van der Waals surface area contributed by atoms with Gasteiger partial charge in [-0.15, -0.1) is 4.58 Å². The first-order valence-corrected chi connectivity index (χ1v) is 24.3. The van der Waals surface area contributed by atoms with Gasteiger partial charge in [0.1, 0.15) is 0 Å². The van der Waals surface area contributed by atoms with Crippen LogP contribution in [-0.4, -0.2) is 21.4 Å². The first kappa shape index (κ1) is 37.5. The van der Waals surface area contributed by atoms with Crippen molar-refractivity contribution in [2.24, 2.45) is 0 Å². The largest absolute Gasteiger partial charge is 0.468 e. The molecule has 0 saturated heterocycles. The molecule has 1 atom stereocenters. The number of para-hydroxylation sites is 4. The van der Waals surface area contributed by atoms with Crippen LogP contribution in [0.1, 0.15) is 0 Å². The van der Waals surface area contributed by atoms with Crippen molar-refractivity contribution in [3.05, 3.63) is 219 Å². The average molecular weight is 906 g/mol. The Kier molecular flexibility index (Phi) is 7.17. The van der Waals surface area contributed by atoms with Gasteiger partial charge in [-0.25, -0.2) is 0 Å². The second-order valence-electron chi connectivity index (χ2n) is 19.2. The second kappa shape index (κ2) is 13.6. The van der Waals surface area contributed by atoms with Gasteiger partial charge in [-0.1, -0.05) is 121 Å². The fourth-order valence-corrected chi connectivity index (χ4v) is 12.8. The van der Waals surface area contributed by atoms with Crippen LogP contribution in [0.15, 0.2) is 219 Å². The number of aromatic nitrogens is 2. The third-order valence-corrected chi connectivity index (χ3v) is 15.6. The number of fused-ring (bicyclic) bond motifs is 10. The summed E-state index contributed by atoms with van der Waals surface area (Å²) in [6.07, 6.45) is 12.2. The number of allylic oxidation sites excluding steroid dienone is 2. The van der Waals surface area contributed by atoms with E-state index in [1.165, 1.54) is 80.8 Å². The van der Waals surface area contributed by atoms with E-state index in [1.54, 1.807) is 0 Å². The number of ether oxygens (including phenoxy) is 2. The van der Waals surface area contributed by atoms with Crippen LogP contribution in [0, 0.1) is 0 Å². The summed E-state index contributed by atoms with van der Waals surface area (Å²) in [5.41, 5.74) is 9.51. The Bertz CT molecular complexity index is 4720. The molecule has 12 aromatic carbocycles. The molecule has 2 aliphatic heterocycles. The van der Waals surface area contributed by atoms with E-state index in [-0.39, 0.29) is 6.10 Å². The predicted molar refractivity (Wildman–Crippen MR) is 294 cm³/mol. The van der Waals surface area contributed by atoms with E-state index >= 15 is 0 Å². The molecule has 0 fully saturated rings. The standard InChI is InChI=1S/C65H37N4O2/c1-4-24-57-50(21-1)68(51-22-2-5-25-58(51)70-57)49-30-28-39-32-53(44-19-9-14-38-27-29-45(49)63(39)62(38)44)69-52-23-3-6-26-59(52)71-60-34-48-54(35-55(60)69)67(40-15-11-31-66-36-40)56-33-47-43-17-8-13-37-12-7-16-41(61(37)43)42-18-10-20-46(64(42)47)65(48)56/h1-36,59H/q+1. The Labute approximate surface area is 405 Å². The zero-order chi connectivity index (χ0) is 46.1. The van der Waals surface area contributed by atoms with Crippen molar-refractivity contribution in [3.63, 3.8) is 0 Å². The van der Waals surface area contributed by atoms with Crippen molar-refractivity contribution < 1.29 is 9.47 Å². The minimum absolute atomic E-state index is 0.296. The summed E-state index contributed by atoms with van der Waals surface area (Å²) in [7, 11) is 0. The SMILES string of the molecule is C1=CC2=[N+](c3cc4ccc(N5c6ccccc6Oc6ccccc65)c5ccc6cccc3c6c45)c3cc4c(cc3OC2C=C1)c1c2cccc3c5cccc6cccc(c(cc1n4-c1cccnc1)c32)c65. The maximum Gasteiger partial charge on any atom is 0.255 e. The van der Waals surface area contributed by atoms with E-state index in [0.717, 1.165) is 73.5 Å². The molecule has 14 aromatic rings. The molecule has 0 spiro atoms. The van der Waals surface area contributed by atoms with E-state index in [1.807, 2.05) is 30.6 Å². The molecule has 6 nitrogen and oxygen atoms in total. The van der Waals surface area contributed by atoms with Crippen LogP contribution >= 0.6 is 0 Å². The lowest BCUT2D eigenvalue weighted by Crippen LogP contribution is -2.36. The van der Waals surface area contributed by atoms with Crippen LogP contribution in [0.4, 0.5) is 28.4 Å². The first-order chi connectivity index (χ1) is 35.2. The molecule has 1 unspecified atom stereocenters. The summed E-state index contributed by atoms with van der Waals surface area (Å²) in [5, 5.41) is 19.6. The molecule has 0 amide bonds. The third kappa shape index (κ3) is 4.90. The van der Waals surface area contributed by atoms with Gasteiger partial charge in [0.25, 0.3) is 5.69 Å². The van der Waals surface area contributed by atoms with Gasteiger partial charge in [-0.3, -0.25) is 4.98 Å². The number of nitrogens with zero attached hydrogens (tertiary/aromatic N) is 4. The van der Waals surface area contributed by atoms with E-state index in [0.29, 0.717) is 0 Å². The Morgan fingerprint density at radius 2 is 1.14 bits per heavy atom. The normalized spacial score (nSPS) is 15.2. The van der Waals surface area contributed by atoms with Gasteiger partial charge < -0.3 is 18.9 Å². The van der Waals surface area contributed by atoms with E-state index < -0.39 is 0 Å². The number of pyridine rings is 1. The number of benzene rings is 12. The quantitative estimate of drug-likeness (QED) is 0.101. The second-order valence-corrected chi connectivity index (χ2v) is 19.2. The minimum Gasteiger partial charge on any atom is -0.468 e. The Morgan fingerprint density at radius 1 is 0.437 bits per heavy atom. The molecule has 4 heterocycles. The Balaban J connectivity index is 0.962. The van der Waals surface area contributed by atoms with Crippen LogP contribution in [0.3, 0.4) is 0 Å². The molecule has 6 heteroatoms. The summed E-state index contributed by atoms with van der Waals surface area (Å²) in [6.45, 7) is 0. The molecule has 0 radical (unpaired) electrons. The summed E-state index contributed by atoms with van der Waals surface area (Å²) >= 11 is 0. The van der Waals surface area contributed by atoms with Gasteiger partial charge in [0.05, 0.1) is 45.4 Å². The zero-order valence-electron chi connectivity index (χ0n) is 38.0. The van der Waals surface area contributed by atoms with Gasteiger partial charge in [0, 0.05) is 46.0 Å². The highest BCUT2D eigenvalue weighted by atomic mass is 16.5. The molecular formula is C65H37N4O2+. The van der Waals surface area contributed by atoms with Crippen molar-refractivity contribution in [1.29, 1.82) is 0 Å². The number of hydrogen-bond acceptors (Lipinski definition) is 4. The number of rotatable bonds is 3. The van der Waals surface area contributed by atoms with Crippen molar-refractivity contribution >= 4 is 131 Å². The van der Waals surface area contributed by atoms with Gasteiger partial charge in [0.2, 0.25) is 17.5 Å². The van der Waals surface area contributed by atoms with E-state index in [2.05, 4.69) is 202 Å². The van der Waals surface area contributed by atoms with Crippen LogP contribution < -0.4 is 18.9 Å². The summed E-state index contributed by atoms with van der Waals surface area (Å²) in [5.74, 6) is 2.51. The molecule has 2 aromatic heterocycles. The average Bonchev–Trinajstić information content (AvgIpc) is 3.75. The van der Waals surface area contributed by atoms with Crippen LogP contribution in [0.5, 0.6) is 17.2 Å². The lowest BCUT2D eigenvalue weighted by molar-refractivity contribution is 0.304. The maximum atomic E-state index is 7.17. The Hall–Kier alpha value is -9.52. The van der Waals surface area contributed by atoms with Crippen LogP contribution in [0.2, 0.25) is 0 Å². The molecule has 71 heavy (non-hydrogen) atoms. The summed E-state index contributed by atoms with van der Waals surface area (Å²) < 4.78 is 18.5. The molecule has 17 rings (SSSR count). The molecule has 1 aliphatic carbocycles. The van der Waals surface area contributed by atoms with Gasteiger partial charge in [0.15, 0.2) is 17.2 Å². The molecular weight excluding hydrogens is 869 g/mol. The first-order valence-electron chi connectivity index (χ1n) is 24.3. The van der Waals surface area contributed by atoms with Crippen molar-refractivity contribution in [3.8, 4) is 22.9 Å². The highest BCUT2D eigenvalue weighted by Crippen LogP contribution is 2.55. The monoisotopic (exact) mass is 905 g/mol. The lowest BCUT2D eigenvalue weighted by atomic mass is 9.88. The van der Waals surface area contributed by atoms with E-state index in [9.17, 15) is 0 Å². The predicted octanol–water partition coefficient (Wildman–Crippen LogP) is 16.9. The van der Waals surface area contributed by atoms with Gasteiger partial charge in [-0.2, -0.15) is 0 Å². The van der Waals surface area contributed by atoms with Crippen molar-refractivity contribution in [2.75, 3.05) is 4.90 Å². The Morgan fingerprint density at radius 3 is 1.94 bits per heavy atom. The van der Waals surface area contributed by atoms with E-state index in [4.69, 9.17) is 14.5 Å². The number of hydrogen-bond donors (Lipinski definition) is 0. The topological polar surface area (TPSA) is 42.5 Å². The highest BCUT2D eigenvalue weighted by molar-refractivity contribution is 6.38. The van der Waals surface area contributed by atoms with Crippen molar-refractivity contribution in [1.82, 2.24) is 14.1 Å². The van der Waals surface area contributed by atoms with Crippen molar-refractivity contribution in [2.45, 2.75) is 6.10 Å². The highest BCUT2D eigenvalue weighted by Gasteiger charge is 2.39. The molecule has 328 valence electrons. The molecule has 0 bridgehead atoms. The zero-order valence-corrected chi connectivity index (χ0v) is 38.0. The fraction of sp³-hybridized carbons (Fsp3) is 0.0154. The molecule has 0 saturated carbocycles. The van der Waals surface area contributed by atoms with Crippen LogP contribution in [0.25, 0.3) is 103 Å². The van der Waals surface area contributed by atoms with Gasteiger partial charge in [-0.05, 0) is 126 Å². The van der Waals surface area contributed by atoms with Crippen LogP contribution in [-0.2, 0) is 0 Å². The maximum absolute atomic E-state index is 7.17. The van der Waals surface area contributed by atoms with Gasteiger partial charge >= 0.3 is 0 Å². The minimum atomic E-state index is -0.296. The lowest BCUT2D eigenvalue weighted by Gasteiger charge is -2.33. The summed E-state index contributed by atoms with van der Waals surface area (Å²) in [6, 6.07) is 66.6. The molecule has 3 aliphatic rings. The third-order valence-electron chi connectivity index (χ3n) is 15.6. The summed E-state index contributed by atoms with van der Waals surface area (Å²) in [4.78, 5) is 7.06.